The molecule has 11 aromatic rings. The predicted molar refractivity (Wildman–Crippen MR) is 334 cm³/mol. The lowest BCUT2D eigenvalue weighted by atomic mass is 9.77. The van der Waals surface area contributed by atoms with Gasteiger partial charge in [-0.05, 0) is 159 Å². The first-order valence-corrected chi connectivity index (χ1v) is 27.7. The quantitative estimate of drug-likeness (QED) is 0.159. The number of benzene rings is 8. The Kier molecular flexibility index (Phi) is 10.8. The fourth-order valence-electron chi connectivity index (χ4n) is 11.7. The molecular weight excluding hydrogens is 965 g/mol. The summed E-state index contributed by atoms with van der Waals surface area (Å²) in [7, 11) is 0. The third-order valence-corrected chi connectivity index (χ3v) is 16.5. The summed E-state index contributed by atoms with van der Waals surface area (Å²) < 4.78 is 62.0. The Morgan fingerprint density at radius 1 is 0.506 bits per heavy atom. The molecule has 79 heavy (non-hydrogen) atoms. The normalized spacial score (nSPS) is 14.3. The Labute approximate surface area is 474 Å². The average Bonchev–Trinajstić information content (AvgIpc) is 1.50. The lowest BCUT2D eigenvalue weighted by Gasteiger charge is -2.32. The average molecular weight is 1040 g/mol. The largest absolute Gasteiger partial charge is 0.457 e. The maximum atomic E-state index is 9.57. The highest BCUT2D eigenvalue weighted by Crippen LogP contribution is 2.54. The summed E-state index contributed by atoms with van der Waals surface area (Å²) >= 11 is 0. The van der Waals surface area contributed by atoms with Crippen molar-refractivity contribution in [2.24, 2.45) is 0 Å². The van der Waals surface area contributed by atoms with Crippen LogP contribution in [0.4, 0.5) is 22.7 Å². The van der Waals surface area contributed by atoms with Crippen LogP contribution in [0.5, 0.6) is 11.5 Å². The van der Waals surface area contributed by atoms with Crippen molar-refractivity contribution in [1.29, 1.82) is 0 Å². The molecule has 0 N–H and O–H groups in total. The second-order valence-corrected chi connectivity index (χ2v) is 25.9. The molecule has 0 unspecified atom stereocenters. The molecule has 6 heteroatoms. The van der Waals surface area contributed by atoms with Crippen LogP contribution >= 0.6 is 0 Å². The number of aromatic nitrogens is 2. The molecular formula is C73H74N4O2. The van der Waals surface area contributed by atoms with Crippen molar-refractivity contribution in [3.05, 3.63) is 203 Å². The summed E-state index contributed by atoms with van der Waals surface area (Å²) in [6.07, 6.45) is 1.90. The molecule has 398 valence electrons. The predicted octanol–water partition coefficient (Wildman–Crippen LogP) is 20.6. The smallest absolute Gasteiger partial charge is 0.145 e. The summed E-state index contributed by atoms with van der Waals surface area (Å²) in [5.74, 6) is 2.13. The van der Waals surface area contributed by atoms with E-state index in [4.69, 9.17) is 18.3 Å². The van der Waals surface area contributed by atoms with Crippen molar-refractivity contribution in [1.82, 2.24) is 9.55 Å². The number of hydrogen-bond acceptors (Lipinski definition) is 5. The summed E-state index contributed by atoms with van der Waals surface area (Å²) in [4.78, 5) is 9.64. The molecule has 1 aliphatic rings. The summed E-state index contributed by atoms with van der Waals surface area (Å²) in [5, 5.41) is 4.16. The van der Waals surface area contributed by atoms with Crippen LogP contribution in [0, 0.1) is 20.8 Å². The summed E-state index contributed by atoms with van der Waals surface area (Å²) in [5.41, 5.74) is 16.6. The van der Waals surface area contributed by atoms with Crippen molar-refractivity contribution >= 4 is 66.5 Å². The lowest BCUT2D eigenvalue weighted by molar-refractivity contribution is 0.479. The molecule has 12 rings (SSSR count). The fourth-order valence-corrected chi connectivity index (χ4v) is 11.7. The van der Waals surface area contributed by atoms with Crippen molar-refractivity contribution in [2.75, 3.05) is 16.5 Å². The Morgan fingerprint density at radius 2 is 1.11 bits per heavy atom. The number of para-hydroxylation sites is 3. The second kappa shape index (κ2) is 18.5. The minimum Gasteiger partial charge on any atom is -0.457 e. The number of rotatable bonds is 7. The number of anilines is 4. The standard InChI is InChI=1S/C73H74N4O2/c1-44-45(2)65(47-23-17-16-18-24-47)68(66(46(44)3)48-35-50(71(7,8)9)37-51(36-48)72(10,11)12)76-43-75(59-26-20-21-27-60(59)76)53-38-52(73(13,14)15)39-55(41-53)78-54-29-30-58-62(42-54)77(64-40-49(33-34-74-64)70(4,5)6)61-32-31-57-56-25-19-22-28-63(56)79-69(57)67(58)61/h16-42H,43H2,1-15H3/i16D,17D,18D,23D,24D. The minimum absolute atomic E-state index is 0.111. The molecule has 0 fully saturated rings. The van der Waals surface area contributed by atoms with Crippen LogP contribution in [-0.2, 0) is 21.7 Å². The van der Waals surface area contributed by atoms with Crippen molar-refractivity contribution < 1.29 is 16.0 Å². The van der Waals surface area contributed by atoms with Gasteiger partial charge in [0.2, 0.25) is 0 Å². The maximum absolute atomic E-state index is 9.57. The first-order chi connectivity index (χ1) is 39.5. The van der Waals surface area contributed by atoms with Gasteiger partial charge in [-0.25, -0.2) is 4.98 Å². The molecule has 4 heterocycles. The minimum atomic E-state index is -0.423. The van der Waals surface area contributed by atoms with Gasteiger partial charge in [-0.3, -0.25) is 4.57 Å². The van der Waals surface area contributed by atoms with Crippen LogP contribution in [0.3, 0.4) is 0 Å². The Hall–Kier alpha value is -8.09. The van der Waals surface area contributed by atoms with E-state index in [1.807, 2.05) is 31.3 Å². The highest BCUT2D eigenvalue weighted by atomic mass is 16.5. The maximum Gasteiger partial charge on any atom is 0.145 e. The number of fused-ring (bicyclic) bond motifs is 8. The Balaban J connectivity index is 1.06. The SMILES string of the molecule is [2H]c1c([2H])c([2H])c(-c2c(C)c(C)c(C)c(-c3cc(C(C)(C)C)cc(C(C)(C)C)c3)c2N2CN(c3cc(Oc4ccc5c6c7oc8ccccc8c7ccc6n(-c6cc(C(C)(C)C)ccn6)c5c4)cc(C(C)(C)C)c3)c3ccccc32)c([2H])c1[2H]. The van der Waals surface area contributed by atoms with Gasteiger partial charge in [0.25, 0.3) is 0 Å². The lowest BCUT2D eigenvalue weighted by Crippen LogP contribution is -2.26. The van der Waals surface area contributed by atoms with Gasteiger partial charge in [0.15, 0.2) is 0 Å². The number of furan rings is 1. The number of hydrogen-bond donors (Lipinski definition) is 0. The van der Waals surface area contributed by atoms with Gasteiger partial charge < -0.3 is 19.0 Å². The molecule has 0 radical (unpaired) electrons. The van der Waals surface area contributed by atoms with E-state index in [0.29, 0.717) is 23.7 Å². The van der Waals surface area contributed by atoms with Crippen LogP contribution in [0.1, 0.15) is 129 Å². The van der Waals surface area contributed by atoms with Gasteiger partial charge in [0, 0.05) is 51.3 Å². The number of nitrogens with zero attached hydrogens (tertiary/aromatic N) is 4. The van der Waals surface area contributed by atoms with Gasteiger partial charge in [-0.1, -0.05) is 162 Å². The van der Waals surface area contributed by atoms with E-state index in [1.165, 1.54) is 16.7 Å². The molecule has 8 aromatic carbocycles. The number of ether oxygens (including phenoxy) is 1. The Morgan fingerprint density at radius 3 is 1.78 bits per heavy atom. The first kappa shape index (κ1) is 45.9. The van der Waals surface area contributed by atoms with Crippen LogP contribution in [-0.4, -0.2) is 16.2 Å². The highest BCUT2D eigenvalue weighted by molar-refractivity contribution is 6.24. The molecule has 1 aliphatic heterocycles. The topological polar surface area (TPSA) is 46.7 Å². The highest BCUT2D eigenvalue weighted by Gasteiger charge is 2.35. The van der Waals surface area contributed by atoms with Crippen molar-refractivity contribution in [3.63, 3.8) is 0 Å². The van der Waals surface area contributed by atoms with Crippen LogP contribution in [0.25, 0.3) is 71.8 Å². The fraction of sp³-hybridized carbons (Fsp3) is 0.274. The molecule has 0 spiro atoms. The third-order valence-electron chi connectivity index (χ3n) is 16.5. The van der Waals surface area contributed by atoms with E-state index < -0.39 is 6.04 Å². The van der Waals surface area contributed by atoms with E-state index in [0.717, 1.165) is 106 Å². The van der Waals surface area contributed by atoms with Crippen LogP contribution in [0.2, 0.25) is 0 Å². The van der Waals surface area contributed by atoms with Gasteiger partial charge in [-0.15, -0.1) is 0 Å². The second-order valence-electron chi connectivity index (χ2n) is 25.9. The van der Waals surface area contributed by atoms with Crippen LogP contribution < -0.4 is 14.5 Å². The van der Waals surface area contributed by atoms with E-state index in [-0.39, 0.29) is 51.4 Å². The molecule has 0 amide bonds. The van der Waals surface area contributed by atoms with Crippen molar-refractivity contribution in [3.8, 4) is 39.6 Å². The van der Waals surface area contributed by atoms with Gasteiger partial charge >= 0.3 is 0 Å². The summed E-state index contributed by atoms with van der Waals surface area (Å²) in [6.45, 7) is 33.4. The molecule has 3 aromatic heterocycles. The Bertz CT molecular complexity index is 4480. The zero-order valence-corrected chi connectivity index (χ0v) is 48.5. The molecule has 0 atom stereocenters. The van der Waals surface area contributed by atoms with Gasteiger partial charge in [0.05, 0.1) is 40.3 Å². The van der Waals surface area contributed by atoms with E-state index in [2.05, 4.69) is 220 Å². The number of pyridine rings is 1. The van der Waals surface area contributed by atoms with E-state index in [1.54, 1.807) is 0 Å². The molecule has 0 saturated heterocycles. The third kappa shape index (κ3) is 8.94. The first-order valence-electron chi connectivity index (χ1n) is 30.2. The molecule has 0 aliphatic carbocycles. The molecule has 0 bridgehead atoms. The van der Waals surface area contributed by atoms with Gasteiger partial charge in [0.1, 0.15) is 35.2 Å². The van der Waals surface area contributed by atoms with Gasteiger partial charge in [-0.2, -0.15) is 0 Å². The monoisotopic (exact) mass is 1040 g/mol. The molecule has 6 nitrogen and oxygen atoms in total. The zero-order valence-electron chi connectivity index (χ0n) is 53.5. The van der Waals surface area contributed by atoms with E-state index in [9.17, 15) is 2.74 Å². The van der Waals surface area contributed by atoms with E-state index >= 15 is 0 Å². The van der Waals surface area contributed by atoms with Crippen LogP contribution in [0.15, 0.2) is 168 Å². The summed E-state index contributed by atoms with van der Waals surface area (Å²) in [6, 6.07) is 43.3. The zero-order chi connectivity index (χ0) is 60.0. The van der Waals surface area contributed by atoms with Crippen molar-refractivity contribution in [2.45, 2.75) is 126 Å². The molecule has 0 saturated carbocycles.